The number of carbonyl (C=O) groups excluding carboxylic acids is 2. The van der Waals surface area contributed by atoms with E-state index in [4.69, 9.17) is 11.6 Å². The standard InChI is InChI=1S/C20H22ClN3O2/c1-12-6-9-15(10-16(12)21)23-19(25)11-22-17-4-3-5-18(13(17)2)24-20(26)14-7-8-14/h3-6,9-10,14,22H,7-8,11H2,1-2H3,(H,23,25)(H,24,26). The number of halogens is 1. The van der Waals surface area contributed by atoms with Gasteiger partial charge >= 0.3 is 0 Å². The molecule has 2 aromatic rings. The van der Waals surface area contributed by atoms with Crippen LogP contribution in [0.25, 0.3) is 0 Å². The van der Waals surface area contributed by atoms with Crippen LogP contribution in [0.2, 0.25) is 5.02 Å². The highest BCUT2D eigenvalue weighted by Gasteiger charge is 2.29. The number of benzene rings is 2. The summed E-state index contributed by atoms with van der Waals surface area (Å²) in [5.74, 6) is 0.0501. The summed E-state index contributed by atoms with van der Waals surface area (Å²) in [7, 11) is 0. The van der Waals surface area contributed by atoms with Gasteiger partial charge in [0.15, 0.2) is 0 Å². The van der Waals surface area contributed by atoms with Crippen LogP contribution in [0.4, 0.5) is 17.1 Å². The van der Waals surface area contributed by atoms with Crippen LogP contribution in [0.5, 0.6) is 0 Å². The average molecular weight is 372 g/mol. The Labute approximate surface area is 158 Å². The molecule has 26 heavy (non-hydrogen) atoms. The van der Waals surface area contributed by atoms with Crippen molar-refractivity contribution in [1.82, 2.24) is 0 Å². The van der Waals surface area contributed by atoms with Crippen molar-refractivity contribution in [3.05, 3.63) is 52.5 Å². The molecule has 0 unspecified atom stereocenters. The number of carbonyl (C=O) groups is 2. The van der Waals surface area contributed by atoms with E-state index in [1.807, 2.05) is 44.2 Å². The minimum atomic E-state index is -0.170. The molecule has 3 rings (SSSR count). The van der Waals surface area contributed by atoms with Crippen molar-refractivity contribution in [3.63, 3.8) is 0 Å². The molecule has 1 aliphatic carbocycles. The lowest BCUT2D eigenvalue weighted by Gasteiger charge is -2.14. The van der Waals surface area contributed by atoms with Crippen molar-refractivity contribution in [2.24, 2.45) is 5.92 Å². The lowest BCUT2D eigenvalue weighted by molar-refractivity contribution is -0.117. The van der Waals surface area contributed by atoms with Crippen molar-refractivity contribution >= 4 is 40.5 Å². The number of rotatable bonds is 6. The molecule has 2 amide bonds. The maximum Gasteiger partial charge on any atom is 0.243 e. The minimum absolute atomic E-state index is 0.0687. The Kier molecular flexibility index (Phi) is 5.47. The highest BCUT2D eigenvalue weighted by atomic mass is 35.5. The maximum absolute atomic E-state index is 12.2. The van der Waals surface area contributed by atoms with Gasteiger partial charge in [-0.05, 0) is 62.1 Å². The van der Waals surface area contributed by atoms with E-state index in [0.717, 1.165) is 35.3 Å². The molecule has 0 aliphatic heterocycles. The van der Waals surface area contributed by atoms with Crippen LogP contribution in [0.1, 0.15) is 24.0 Å². The first-order chi connectivity index (χ1) is 12.4. The van der Waals surface area contributed by atoms with Gasteiger partial charge in [0, 0.05) is 28.0 Å². The monoisotopic (exact) mass is 371 g/mol. The van der Waals surface area contributed by atoms with Crippen LogP contribution < -0.4 is 16.0 Å². The predicted molar refractivity (Wildman–Crippen MR) is 106 cm³/mol. The third kappa shape index (κ3) is 4.55. The summed E-state index contributed by atoms with van der Waals surface area (Å²) in [6, 6.07) is 11.0. The van der Waals surface area contributed by atoms with Gasteiger partial charge in [-0.1, -0.05) is 23.7 Å². The second-order valence-electron chi connectivity index (χ2n) is 6.61. The summed E-state index contributed by atoms with van der Waals surface area (Å²) in [5.41, 5.74) is 4.12. The molecule has 0 bridgehead atoms. The van der Waals surface area contributed by atoms with Gasteiger partial charge in [0.2, 0.25) is 11.8 Å². The third-order valence-corrected chi connectivity index (χ3v) is 4.84. The largest absolute Gasteiger partial charge is 0.376 e. The van der Waals surface area contributed by atoms with Gasteiger partial charge in [0.05, 0.1) is 6.54 Å². The topological polar surface area (TPSA) is 70.2 Å². The van der Waals surface area contributed by atoms with Gasteiger partial charge in [-0.15, -0.1) is 0 Å². The molecule has 5 nitrogen and oxygen atoms in total. The van der Waals surface area contributed by atoms with Crippen LogP contribution in [-0.2, 0) is 9.59 Å². The summed E-state index contributed by atoms with van der Waals surface area (Å²) in [6.45, 7) is 3.95. The summed E-state index contributed by atoms with van der Waals surface area (Å²) in [6.07, 6.45) is 1.93. The minimum Gasteiger partial charge on any atom is -0.376 e. The first-order valence-corrected chi connectivity index (χ1v) is 9.02. The molecule has 136 valence electrons. The summed E-state index contributed by atoms with van der Waals surface area (Å²) in [5, 5.41) is 9.51. The van der Waals surface area contributed by atoms with Gasteiger partial charge in [-0.25, -0.2) is 0 Å². The maximum atomic E-state index is 12.2. The molecule has 0 atom stereocenters. The Balaban J connectivity index is 1.59. The highest BCUT2D eigenvalue weighted by molar-refractivity contribution is 6.31. The molecule has 1 saturated carbocycles. The third-order valence-electron chi connectivity index (χ3n) is 4.43. The predicted octanol–water partition coefficient (Wildman–Crippen LogP) is 4.36. The molecule has 1 fully saturated rings. The van der Waals surface area contributed by atoms with E-state index in [1.165, 1.54) is 0 Å². The Morgan fingerprint density at radius 2 is 1.81 bits per heavy atom. The molecule has 0 spiro atoms. The summed E-state index contributed by atoms with van der Waals surface area (Å²) >= 11 is 6.08. The molecule has 1 aliphatic rings. The van der Waals surface area contributed by atoms with Crippen LogP contribution in [-0.4, -0.2) is 18.4 Å². The van der Waals surface area contributed by atoms with Crippen LogP contribution in [0.3, 0.4) is 0 Å². The zero-order valence-electron chi connectivity index (χ0n) is 14.9. The number of aryl methyl sites for hydroxylation is 1. The van der Waals surface area contributed by atoms with Crippen molar-refractivity contribution in [1.29, 1.82) is 0 Å². The number of hydrogen-bond donors (Lipinski definition) is 3. The van der Waals surface area contributed by atoms with Crippen LogP contribution in [0.15, 0.2) is 36.4 Å². The highest BCUT2D eigenvalue weighted by Crippen LogP contribution is 2.31. The van der Waals surface area contributed by atoms with E-state index < -0.39 is 0 Å². The fourth-order valence-electron chi connectivity index (χ4n) is 2.59. The van der Waals surface area contributed by atoms with Crippen molar-refractivity contribution < 1.29 is 9.59 Å². The smallest absolute Gasteiger partial charge is 0.243 e. The number of hydrogen-bond acceptors (Lipinski definition) is 3. The van der Waals surface area contributed by atoms with E-state index in [2.05, 4.69) is 16.0 Å². The van der Waals surface area contributed by atoms with Crippen molar-refractivity contribution in [2.75, 3.05) is 22.5 Å². The van der Waals surface area contributed by atoms with E-state index in [-0.39, 0.29) is 24.3 Å². The fourth-order valence-corrected chi connectivity index (χ4v) is 2.77. The lowest BCUT2D eigenvalue weighted by Crippen LogP contribution is -2.22. The Morgan fingerprint density at radius 3 is 2.50 bits per heavy atom. The van der Waals surface area contributed by atoms with Crippen LogP contribution >= 0.6 is 11.6 Å². The quantitative estimate of drug-likeness (QED) is 0.706. The van der Waals surface area contributed by atoms with E-state index in [0.29, 0.717) is 10.7 Å². The molecule has 2 aromatic carbocycles. The Morgan fingerprint density at radius 1 is 1.08 bits per heavy atom. The molecular weight excluding hydrogens is 350 g/mol. The number of nitrogens with one attached hydrogen (secondary N) is 3. The lowest BCUT2D eigenvalue weighted by atomic mass is 10.1. The first kappa shape index (κ1) is 18.3. The molecule has 6 heteroatoms. The number of amides is 2. The fraction of sp³-hybridized carbons (Fsp3) is 0.300. The van der Waals surface area contributed by atoms with Crippen LogP contribution in [0, 0.1) is 19.8 Å². The first-order valence-electron chi connectivity index (χ1n) is 8.64. The molecule has 3 N–H and O–H groups in total. The average Bonchev–Trinajstić information content (AvgIpc) is 3.44. The molecule has 0 heterocycles. The van der Waals surface area contributed by atoms with E-state index in [1.54, 1.807) is 6.07 Å². The molecule has 0 aromatic heterocycles. The van der Waals surface area contributed by atoms with Crippen molar-refractivity contribution in [2.45, 2.75) is 26.7 Å². The van der Waals surface area contributed by atoms with E-state index >= 15 is 0 Å². The van der Waals surface area contributed by atoms with Gasteiger partial charge in [-0.2, -0.15) is 0 Å². The summed E-state index contributed by atoms with van der Waals surface area (Å²) in [4.78, 5) is 24.1. The zero-order valence-corrected chi connectivity index (χ0v) is 15.6. The number of anilines is 3. The second kappa shape index (κ2) is 7.79. The zero-order chi connectivity index (χ0) is 18.7. The molecule has 0 radical (unpaired) electrons. The molecular formula is C20H22ClN3O2. The van der Waals surface area contributed by atoms with Gasteiger partial charge in [0.1, 0.15) is 0 Å². The van der Waals surface area contributed by atoms with E-state index in [9.17, 15) is 9.59 Å². The second-order valence-corrected chi connectivity index (χ2v) is 7.01. The Hall–Kier alpha value is -2.53. The van der Waals surface area contributed by atoms with Gasteiger partial charge < -0.3 is 16.0 Å². The Bertz CT molecular complexity index is 847. The SMILES string of the molecule is Cc1ccc(NC(=O)CNc2cccc(NC(=O)C3CC3)c2C)cc1Cl. The normalized spacial score (nSPS) is 13.2. The van der Waals surface area contributed by atoms with Gasteiger partial charge in [-0.3, -0.25) is 9.59 Å². The molecule has 0 saturated heterocycles. The summed E-state index contributed by atoms with van der Waals surface area (Å²) < 4.78 is 0. The van der Waals surface area contributed by atoms with Crippen molar-refractivity contribution in [3.8, 4) is 0 Å². The van der Waals surface area contributed by atoms with Gasteiger partial charge in [0.25, 0.3) is 0 Å².